The molecule has 0 saturated heterocycles. The summed E-state index contributed by atoms with van der Waals surface area (Å²) in [5, 5.41) is 19.1. The minimum absolute atomic E-state index is 0.0144. The Balaban J connectivity index is 2.28. The van der Waals surface area contributed by atoms with Gasteiger partial charge in [0.1, 0.15) is 5.75 Å². The van der Waals surface area contributed by atoms with Crippen molar-refractivity contribution in [3.63, 3.8) is 0 Å². The van der Waals surface area contributed by atoms with Gasteiger partial charge in [0, 0.05) is 19.2 Å². The highest BCUT2D eigenvalue weighted by Crippen LogP contribution is 2.21. The van der Waals surface area contributed by atoms with E-state index in [1.807, 2.05) is 37.3 Å². The standard InChI is InChI=1S/C18H21NO3/c1-14(11-12-20)19(13-15-7-3-2-4-8-15)18(22)16-9-5-6-10-17(16)21/h2-10,14,20-21H,11-13H2,1H3. The summed E-state index contributed by atoms with van der Waals surface area (Å²) in [6, 6.07) is 16.1. The maximum Gasteiger partial charge on any atom is 0.258 e. The third-order valence-electron chi connectivity index (χ3n) is 3.67. The van der Waals surface area contributed by atoms with Crippen molar-refractivity contribution >= 4 is 5.91 Å². The molecule has 116 valence electrons. The molecule has 0 heterocycles. The molecule has 0 aromatic heterocycles. The summed E-state index contributed by atoms with van der Waals surface area (Å²) < 4.78 is 0. The lowest BCUT2D eigenvalue weighted by Gasteiger charge is -2.29. The minimum atomic E-state index is -0.233. The van der Waals surface area contributed by atoms with Crippen molar-refractivity contribution in [3.05, 3.63) is 65.7 Å². The molecule has 0 saturated carbocycles. The Labute approximate surface area is 130 Å². The van der Waals surface area contributed by atoms with Gasteiger partial charge in [-0.25, -0.2) is 0 Å². The van der Waals surface area contributed by atoms with Crippen molar-refractivity contribution in [1.29, 1.82) is 0 Å². The highest BCUT2D eigenvalue weighted by molar-refractivity contribution is 5.96. The summed E-state index contributed by atoms with van der Waals surface area (Å²) >= 11 is 0. The molecule has 0 aliphatic heterocycles. The van der Waals surface area contributed by atoms with Crippen LogP contribution in [-0.2, 0) is 6.54 Å². The summed E-state index contributed by atoms with van der Waals surface area (Å²) in [5.41, 5.74) is 1.29. The molecule has 2 aromatic rings. The summed E-state index contributed by atoms with van der Waals surface area (Å²) in [5.74, 6) is -0.260. The van der Waals surface area contributed by atoms with Crippen molar-refractivity contribution in [1.82, 2.24) is 4.90 Å². The van der Waals surface area contributed by atoms with E-state index in [1.54, 1.807) is 23.1 Å². The van der Waals surface area contributed by atoms with Gasteiger partial charge in [0.2, 0.25) is 0 Å². The van der Waals surface area contributed by atoms with Crippen molar-refractivity contribution in [2.45, 2.75) is 25.9 Å². The topological polar surface area (TPSA) is 60.8 Å². The van der Waals surface area contributed by atoms with E-state index in [2.05, 4.69) is 0 Å². The second-order valence-electron chi connectivity index (χ2n) is 5.30. The fourth-order valence-corrected chi connectivity index (χ4v) is 2.36. The van der Waals surface area contributed by atoms with Gasteiger partial charge in [0.05, 0.1) is 5.56 Å². The number of hydrogen-bond donors (Lipinski definition) is 2. The Bertz CT molecular complexity index is 613. The van der Waals surface area contributed by atoms with Gasteiger partial charge in [-0.1, -0.05) is 42.5 Å². The molecule has 0 spiro atoms. The first-order valence-corrected chi connectivity index (χ1v) is 7.37. The molecule has 1 amide bonds. The van der Waals surface area contributed by atoms with Crippen LogP contribution < -0.4 is 0 Å². The molecule has 2 aromatic carbocycles. The predicted octanol–water partition coefficient (Wildman–Crippen LogP) is 2.81. The van der Waals surface area contributed by atoms with E-state index in [4.69, 9.17) is 0 Å². The van der Waals surface area contributed by atoms with Gasteiger partial charge in [-0.15, -0.1) is 0 Å². The Morgan fingerprint density at radius 1 is 1.09 bits per heavy atom. The third kappa shape index (κ3) is 3.86. The number of benzene rings is 2. The molecule has 0 bridgehead atoms. The van der Waals surface area contributed by atoms with E-state index in [1.165, 1.54) is 6.07 Å². The second-order valence-corrected chi connectivity index (χ2v) is 5.30. The van der Waals surface area contributed by atoms with Crippen LogP contribution >= 0.6 is 0 Å². The summed E-state index contributed by atoms with van der Waals surface area (Å²) in [7, 11) is 0. The summed E-state index contributed by atoms with van der Waals surface area (Å²) in [4.78, 5) is 14.5. The number of aromatic hydroxyl groups is 1. The zero-order valence-electron chi connectivity index (χ0n) is 12.6. The lowest BCUT2D eigenvalue weighted by atomic mass is 10.1. The number of rotatable bonds is 6. The van der Waals surface area contributed by atoms with Gasteiger partial charge >= 0.3 is 0 Å². The fourth-order valence-electron chi connectivity index (χ4n) is 2.36. The minimum Gasteiger partial charge on any atom is -0.507 e. The number of para-hydroxylation sites is 1. The van der Waals surface area contributed by atoms with E-state index in [-0.39, 0.29) is 29.9 Å². The summed E-state index contributed by atoms with van der Waals surface area (Å²) in [6.07, 6.45) is 0.492. The molecular formula is C18H21NO3. The number of carbonyl (C=O) groups excluding carboxylic acids is 1. The highest BCUT2D eigenvalue weighted by Gasteiger charge is 2.23. The molecule has 1 atom stereocenters. The number of hydrogen-bond acceptors (Lipinski definition) is 3. The smallest absolute Gasteiger partial charge is 0.258 e. The normalized spacial score (nSPS) is 11.9. The fraction of sp³-hybridized carbons (Fsp3) is 0.278. The first-order valence-electron chi connectivity index (χ1n) is 7.37. The van der Waals surface area contributed by atoms with E-state index >= 15 is 0 Å². The maximum absolute atomic E-state index is 12.8. The zero-order chi connectivity index (χ0) is 15.9. The molecule has 0 aliphatic carbocycles. The van der Waals surface area contributed by atoms with Crippen LogP contribution in [0.3, 0.4) is 0 Å². The van der Waals surface area contributed by atoms with E-state index in [0.717, 1.165) is 5.56 Å². The van der Waals surface area contributed by atoms with Crippen LogP contribution in [0.1, 0.15) is 29.3 Å². The largest absolute Gasteiger partial charge is 0.507 e. The first-order chi connectivity index (χ1) is 10.6. The lowest BCUT2D eigenvalue weighted by Crippen LogP contribution is -2.38. The van der Waals surface area contributed by atoms with Crippen LogP contribution in [0.5, 0.6) is 5.75 Å². The maximum atomic E-state index is 12.8. The number of amides is 1. The molecule has 4 nitrogen and oxygen atoms in total. The van der Waals surface area contributed by atoms with Gasteiger partial charge in [-0.2, -0.15) is 0 Å². The molecule has 22 heavy (non-hydrogen) atoms. The molecule has 4 heteroatoms. The Hall–Kier alpha value is -2.33. The molecule has 1 unspecified atom stereocenters. The number of aliphatic hydroxyl groups is 1. The average Bonchev–Trinajstić information content (AvgIpc) is 2.53. The molecule has 2 N–H and O–H groups in total. The quantitative estimate of drug-likeness (QED) is 0.862. The van der Waals surface area contributed by atoms with Gasteiger partial charge in [0.15, 0.2) is 0 Å². The van der Waals surface area contributed by atoms with E-state index in [9.17, 15) is 15.0 Å². The molecule has 0 aliphatic rings. The molecule has 0 radical (unpaired) electrons. The van der Waals surface area contributed by atoms with Crippen LogP contribution in [0.25, 0.3) is 0 Å². The predicted molar refractivity (Wildman–Crippen MR) is 85.6 cm³/mol. The Kier molecular flexibility index (Phi) is 5.55. The second kappa shape index (κ2) is 7.61. The van der Waals surface area contributed by atoms with E-state index < -0.39 is 0 Å². The van der Waals surface area contributed by atoms with Gasteiger partial charge < -0.3 is 15.1 Å². The highest BCUT2D eigenvalue weighted by atomic mass is 16.3. The molecule has 0 fully saturated rings. The summed E-state index contributed by atoms with van der Waals surface area (Å²) in [6.45, 7) is 2.35. The molecule has 2 rings (SSSR count). The Morgan fingerprint density at radius 3 is 2.36 bits per heavy atom. The van der Waals surface area contributed by atoms with Crippen LogP contribution in [0.2, 0.25) is 0 Å². The van der Waals surface area contributed by atoms with Gasteiger partial charge in [0.25, 0.3) is 5.91 Å². The molecular weight excluding hydrogens is 278 g/mol. The van der Waals surface area contributed by atoms with Crippen LogP contribution in [0.15, 0.2) is 54.6 Å². The van der Waals surface area contributed by atoms with Crippen molar-refractivity contribution < 1.29 is 15.0 Å². The number of phenols is 1. The SMILES string of the molecule is CC(CCO)N(Cc1ccccc1)C(=O)c1ccccc1O. The van der Waals surface area contributed by atoms with Gasteiger partial charge in [-0.3, -0.25) is 4.79 Å². The number of nitrogens with zero attached hydrogens (tertiary/aromatic N) is 1. The van der Waals surface area contributed by atoms with E-state index in [0.29, 0.717) is 13.0 Å². The average molecular weight is 299 g/mol. The number of carbonyl (C=O) groups is 1. The van der Waals surface area contributed by atoms with Crippen molar-refractivity contribution in [3.8, 4) is 5.75 Å². The van der Waals surface area contributed by atoms with Gasteiger partial charge in [-0.05, 0) is 31.0 Å². The van der Waals surface area contributed by atoms with Crippen LogP contribution in [0, 0.1) is 0 Å². The first kappa shape index (κ1) is 16.0. The zero-order valence-corrected chi connectivity index (χ0v) is 12.6. The van der Waals surface area contributed by atoms with Crippen molar-refractivity contribution in [2.24, 2.45) is 0 Å². The third-order valence-corrected chi connectivity index (χ3v) is 3.67. The van der Waals surface area contributed by atoms with Crippen LogP contribution in [-0.4, -0.2) is 33.7 Å². The monoisotopic (exact) mass is 299 g/mol. The number of aliphatic hydroxyl groups excluding tert-OH is 1. The Morgan fingerprint density at radius 2 is 1.73 bits per heavy atom. The van der Waals surface area contributed by atoms with Crippen molar-refractivity contribution in [2.75, 3.05) is 6.61 Å². The lowest BCUT2D eigenvalue weighted by molar-refractivity contribution is 0.0645. The van der Waals surface area contributed by atoms with Crippen LogP contribution in [0.4, 0.5) is 0 Å². The number of phenolic OH excluding ortho intramolecular Hbond substituents is 1.